The van der Waals surface area contributed by atoms with Gasteiger partial charge in [-0.25, -0.2) is 0 Å². The van der Waals surface area contributed by atoms with E-state index in [0.717, 1.165) is 12.5 Å². The molecule has 2 atom stereocenters. The minimum absolute atomic E-state index is 0.716. The first-order valence-electron chi connectivity index (χ1n) is 7.28. The Hall–Kier alpha value is -0.860. The van der Waals surface area contributed by atoms with Crippen LogP contribution in [0.5, 0.6) is 0 Å². The predicted molar refractivity (Wildman–Crippen MR) is 78.0 cm³/mol. The molecule has 1 fully saturated rings. The van der Waals surface area contributed by atoms with Gasteiger partial charge in [-0.3, -0.25) is 4.90 Å². The summed E-state index contributed by atoms with van der Waals surface area (Å²) in [4.78, 5) is 2.68. The number of benzene rings is 1. The van der Waals surface area contributed by atoms with Crippen molar-refractivity contribution in [2.45, 2.75) is 38.1 Å². The van der Waals surface area contributed by atoms with Gasteiger partial charge in [0.15, 0.2) is 0 Å². The lowest BCUT2D eigenvalue weighted by Gasteiger charge is -2.27. The Kier molecular flexibility index (Phi) is 5.21. The molecule has 2 rings (SSSR count). The van der Waals surface area contributed by atoms with Crippen LogP contribution in [0.1, 0.15) is 37.7 Å². The Bertz CT molecular complexity index is 330. The van der Waals surface area contributed by atoms with Crippen LogP contribution in [0.3, 0.4) is 0 Å². The maximum atomic E-state index is 3.34. The lowest BCUT2D eigenvalue weighted by Crippen LogP contribution is -2.40. The number of likely N-dealkylation sites (tertiary alicyclic amines) is 1. The summed E-state index contributed by atoms with van der Waals surface area (Å²) >= 11 is 0. The summed E-state index contributed by atoms with van der Waals surface area (Å²) in [7, 11) is 2.06. The van der Waals surface area contributed by atoms with Gasteiger partial charge in [0.25, 0.3) is 0 Å². The summed E-state index contributed by atoms with van der Waals surface area (Å²) < 4.78 is 0. The summed E-state index contributed by atoms with van der Waals surface area (Å²) in [5, 5.41) is 3.34. The fourth-order valence-electron chi connectivity index (χ4n) is 3.10. The highest BCUT2D eigenvalue weighted by Gasteiger charge is 2.28. The quantitative estimate of drug-likeness (QED) is 0.830. The fraction of sp³-hybridized carbons (Fsp3) is 0.625. The number of nitrogens with one attached hydrogen (secondary N) is 1. The normalized spacial score (nSPS) is 22.2. The first-order chi connectivity index (χ1) is 8.85. The average molecular weight is 246 g/mol. The van der Waals surface area contributed by atoms with Crippen molar-refractivity contribution in [3.63, 3.8) is 0 Å². The molecule has 1 N–H and O–H groups in total. The van der Waals surface area contributed by atoms with E-state index < -0.39 is 0 Å². The summed E-state index contributed by atoms with van der Waals surface area (Å²) in [5.74, 6) is 0.738. The van der Waals surface area contributed by atoms with E-state index in [9.17, 15) is 0 Å². The van der Waals surface area contributed by atoms with Crippen molar-refractivity contribution in [1.29, 1.82) is 0 Å². The SMILES string of the molecule is CCCC(CNC)N1CCC(c2ccccc2)C1. The van der Waals surface area contributed by atoms with Crippen molar-refractivity contribution in [3.8, 4) is 0 Å². The van der Waals surface area contributed by atoms with E-state index in [2.05, 4.69) is 54.5 Å². The molecule has 0 amide bonds. The zero-order valence-electron chi connectivity index (χ0n) is 11.7. The van der Waals surface area contributed by atoms with Gasteiger partial charge in [-0.05, 0) is 37.9 Å². The molecule has 0 radical (unpaired) electrons. The third kappa shape index (κ3) is 3.33. The van der Waals surface area contributed by atoms with Crippen LogP contribution in [0.15, 0.2) is 30.3 Å². The van der Waals surface area contributed by atoms with Gasteiger partial charge >= 0.3 is 0 Å². The third-order valence-electron chi connectivity index (χ3n) is 4.07. The molecule has 2 nitrogen and oxygen atoms in total. The first-order valence-corrected chi connectivity index (χ1v) is 7.28. The van der Waals surface area contributed by atoms with Crippen LogP contribution in [0.25, 0.3) is 0 Å². The summed E-state index contributed by atoms with van der Waals surface area (Å²) in [6, 6.07) is 11.7. The molecule has 1 saturated heterocycles. The predicted octanol–water partition coefficient (Wildman–Crippen LogP) is 2.86. The molecule has 0 aliphatic carbocycles. The molecule has 0 aromatic heterocycles. The lowest BCUT2D eigenvalue weighted by molar-refractivity contribution is 0.223. The second-order valence-electron chi connectivity index (χ2n) is 5.39. The molecule has 1 aromatic carbocycles. The van der Waals surface area contributed by atoms with Gasteiger partial charge in [-0.1, -0.05) is 43.7 Å². The number of hydrogen-bond acceptors (Lipinski definition) is 2. The van der Waals surface area contributed by atoms with Crippen LogP contribution in [0, 0.1) is 0 Å². The second-order valence-corrected chi connectivity index (χ2v) is 5.39. The van der Waals surface area contributed by atoms with E-state index in [-0.39, 0.29) is 0 Å². The van der Waals surface area contributed by atoms with Crippen LogP contribution in [0.4, 0.5) is 0 Å². The molecule has 1 aliphatic heterocycles. The van der Waals surface area contributed by atoms with E-state index >= 15 is 0 Å². The molecule has 18 heavy (non-hydrogen) atoms. The van der Waals surface area contributed by atoms with Crippen LogP contribution < -0.4 is 5.32 Å². The molecule has 2 unspecified atom stereocenters. The molecule has 0 bridgehead atoms. The summed E-state index contributed by atoms with van der Waals surface area (Å²) in [6.07, 6.45) is 3.90. The number of likely N-dealkylation sites (N-methyl/N-ethyl adjacent to an activating group) is 1. The van der Waals surface area contributed by atoms with Crippen molar-refractivity contribution < 1.29 is 0 Å². The molecule has 100 valence electrons. The number of nitrogens with zero attached hydrogens (tertiary/aromatic N) is 1. The monoisotopic (exact) mass is 246 g/mol. The van der Waals surface area contributed by atoms with E-state index in [1.807, 2.05) is 0 Å². The van der Waals surface area contributed by atoms with Gasteiger partial charge < -0.3 is 5.32 Å². The minimum Gasteiger partial charge on any atom is -0.318 e. The minimum atomic E-state index is 0.716. The standard InChI is InChI=1S/C16H26N2/c1-3-7-16(12-17-2)18-11-10-15(13-18)14-8-5-4-6-9-14/h4-6,8-9,15-17H,3,7,10-13H2,1-2H3. The molecular weight excluding hydrogens is 220 g/mol. The summed E-state index contributed by atoms with van der Waals surface area (Å²) in [6.45, 7) is 5.89. The Morgan fingerprint density at radius 2 is 2.11 bits per heavy atom. The fourth-order valence-corrected chi connectivity index (χ4v) is 3.10. The topological polar surface area (TPSA) is 15.3 Å². The van der Waals surface area contributed by atoms with E-state index in [4.69, 9.17) is 0 Å². The van der Waals surface area contributed by atoms with Gasteiger partial charge in [0, 0.05) is 19.1 Å². The smallest absolute Gasteiger partial charge is 0.0220 e. The highest BCUT2D eigenvalue weighted by molar-refractivity contribution is 5.21. The zero-order chi connectivity index (χ0) is 12.8. The van der Waals surface area contributed by atoms with Crippen LogP contribution >= 0.6 is 0 Å². The molecule has 1 heterocycles. The molecule has 0 saturated carbocycles. The largest absolute Gasteiger partial charge is 0.318 e. The van der Waals surface area contributed by atoms with Crippen LogP contribution in [-0.4, -0.2) is 37.6 Å². The van der Waals surface area contributed by atoms with Gasteiger partial charge in [0.05, 0.1) is 0 Å². The van der Waals surface area contributed by atoms with Crippen molar-refractivity contribution in [2.24, 2.45) is 0 Å². The van der Waals surface area contributed by atoms with Gasteiger partial charge in [0.2, 0.25) is 0 Å². The average Bonchev–Trinajstić information content (AvgIpc) is 2.89. The van der Waals surface area contributed by atoms with Crippen molar-refractivity contribution in [3.05, 3.63) is 35.9 Å². The van der Waals surface area contributed by atoms with Gasteiger partial charge in [-0.2, -0.15) is 0 Å². The van der Waals surface area contributed by atoms with Gasteiger partial charge in [-0.15, -0.1) is 0 Å². The Morgan fingerprint density at radius 3 is 2.78 bits per heavy atom. The molecule has 1 aliphatic rings. The van der Waals surface area contributed by atoms with Crippen molar-refractivity contribution in [1.82, 2.24) is 10.2 Å². The molecular formula is C16H26N2. The van der Waals surface area contributed by atoms with E-state index in [0.29, 0.717) is 6.04 Å². The zero-order valence-corrected chi connectivity index (χ0v) is 11.7. The second kappa shape index (κ2) is 6.91. The van der Waals surface area contributed by atoms with E-state index in [1.54, 1.807) is 0 Å². The highest BCUT2D eigenvalue weighted by atomic mass is 15.2. The van der Waals surface area contributed by atoms with Crippen LogP contribution in [0.2, 0.25) is 0 Å². The molecule has 1 aromatic rings. The number of rotatable bonds is 6. The summed E-state index contributed by atoms with van der Waals surface area (Å²) in [5.41, 5.74) is 1.51. The van der Waals surface area contributed by atoms with E-state index in [1.165, 1.54) is 37.9 Å². The third-order valence-corrected chi connectivity index (χ3v) is 4.07. The maximum Gasteiger partial charge on any atom is 0.0220 e. The highest BCUT2D eigenvalue weighted by Crippen LogP contribution is 2.28. The Balaban J connectivity index is 1.94. The Labute approximate surface area is 111 Å². The number of hydrogen-bond donors (Lipinski definition) is 1. The first kappa shape index (κ1) is 13.6. The molecule has 2 heteroatoms. The Morgan fingerprint density at radius 1 is 1.33 bits per heavy atom. The van der Waals surface area contributed by atoms with Gasteiger partial charge in [0.1, 0.15) is 0 Å². The van der Waals surface area contributed by atoms with Crippen LogP contribution in [-0.2, 0) is 0 Å². The van der Waals surface area contributed by atoms with Crippen molar-refractivity contribution >= 4 is 0 Å². The molecule has 0 spiro atoms. The van der Waals surface area contributed by atoms with Crippen molar-refractivity contribution in [2.75, 3.05) is 26.7 Å². The maximum absolute atomic E-state index is 3.34. The lowest BCUT2D eigenvalue weighted by atomic mass is 9.99.